The fourth-order valence-corrected chi connectivity index (χ4v) is 6.15. The normalized spacial score (nSPS) is 11.6. The van der Waals surface area contributed by atoms with Crippen molar-refractivity contribution in [3.05, 3.63) is 113 Å². The lowest BCUT2D eigenvalue weighted by atomic mass is 10.2. The number of anilines is 3. The Morgan fingerprint density at radius 3 is 1.90 bits per heavy atom. The average Bonchev–Trinajstić information content (AvgIpc) is 2.90. The molecule has 1 amide bonds. The van der Waals surface area contributed by atoms with Gasteiger partial charge in [0.15, 0.2) is 0 Å². The molecule has 0 saturated heterocycles. The molecule has 12 heteroatoms. The minimum absolute atomic E-state index is 0.0130. The summed E-state index contributed by atoms with van der Waals surface area (Å²) in [4.78, 5) is 12.9. The first-order chi connectivity index (χ1) is 18.4. The Balaban J connectivity index is 1.52. The molecule has 0 atom stereocenters. The molecule has 0 aliphatic carbocycles. The van der Waals surface area contributed by atoms with E-state index in [2.05, 4.69) is 10.0 Å². The summed E-state index contributed by atoms with van der Waals surface area (Å²) in [6.45, 7) is 1.28. The maximum absolute atomic E-state index is 13.5. The minimum Gasteiger partial charge on any atom is -0.325 e. The van der Waals surface area contributed by atoms with Crippen LogP contribution in [0.1, 0.15) is 5.56 Å². The van der Waals surface area contributed by atoms with Crippen molar-refractivity contribution in [1.29, 1.82) is 0 Å². The Bertz CT molecular complexity index is 1680. The van der Waals surface area contributed by atoms with Crippen LogP contribution in [0.5, 0.6) is 0 Å². The molecular weight excluding hydrogens is 565 g/mol. The molecular formula is C27H23ClFN3O5S2. The molecule has 0 bridgehead atoms. The lowest BCUT2D eigenvalue weighted by Crippen LogP contribution is -2.38. The van der Waals surface area contributed by atoms with E-state index in [-0.39, 0.29) is 26.9 Å². The van der Waals surface area contributed by atoms with E-state index < -0.39 is 38.3 Å². The number of sulfonamides is 2. The maximum atomic E-state index is 13.5. The molecule has 0 spiro atoms. The van der Waals surface area contributed by atoms with Crippen LogP contribution < -0.4 is 14.3 Å². The Kier molecular flexibility index (Phi) is 8.24. The van der Waals surface area contributed by atoms with E-state index in [1.807, 2.05) is 6.92 Å². The van der Waals surface area contributed by atoms with Crippen molar-refractivity contribution >= 4 is 54.6 Å². The van der Waals surface area contributed by atoms with Gasteiger partial charge in [0.2, 0.25) is 5.91 Å². The molecule has 0 saturated carbocycles. The van der Waals surface area contributed by atoms with Gasteiger partial charge in [-0.2, -0.15) is 0 Å². The van der Waals surface area contributed by atoms with Crippen LogP contribution >= 0.6 is 11.6 Å². The van der Waals surface area contributed by atoms with Gasteiger partial charge < -0.3 is 5.32 Å². The summed E-state index contributed by atoms with van der Waals surface area (Å²) >= 11 is 5.96. The Morgan fingerprint density at radius 2 is 1.31 bits per heavy atom. The van der Waals surface area contributed by atoms with Gasteiger partial charge in [0.25, 0.3) is 20.0 Å². The number of amides is 1. The highest BCUT2D eigenvalue weighted by Gasteiger charge is 2.27. The van der Waals surface area contributed by atoms with E-state index in [1.165, 1.54) is 72.8 Å². The fourth-order valence-electron chi connectivity index (χ4n) is 3.54. The maximum Gasteiger partial charge on any atom is 0.264 e. The lowest BCUT2D eigenvalue weighted by Gasteiger charge is -2.24. The van der Waals surface area contributed by atoms with Crippen LogP contribution in [0, 0.1) is 12.7 Å². The smallest absolute Gasteiger partial charge is 0.264 e. The van der Waals surface area contributed by atoms with Gasteiger partial charge in [0.05, 0.1) is 15.5 Å². The Hall–Kier alpha value is -3.93. The third kappa shape index (κ3) is 6.94. The number of nitrogens with zero attached hydrogens (tertiary/aromatic N) is 1. The quantitative estimate of drug-likeness (QED) is 0.271. The molecule has 4 rings (SSSR count). The van der Waals surface area contributed by atoms with Crippen LogP contribution in [-0.4, -0.2) is 29.3 Å². The highest BCUT2D eigenvalue weighted by atomic mass is 35.5. The minimum atomic E-state index is -4.11. The number of carbonyl (C=O) groups is 1. The lowest BCUT2D eigenvalue weighted by molar-refractivity contribution is -0.114. The van der Waals surface area contributed by atoms with Gasteiger partial charge in [0.1, 0.15) is 12.4 Å². The van der Waals surface area contributed by atoms with E-state index in [0.29, 0.717) is 5.02 Å². The fraction of sp³-hybridized carbons (Fsp3) is 0.0741. The molecule has 4 aromatic rings. The molecule has 0 aromatic heterocycles. The second-order valence-electron chi connectivity index (χ2n) is 8.49. The van der Waals surface area contributed by atoms with Gasteiger partial charge in [-0.25, -0.2) is 21.2 Å². The second kappa shape index (κ2) is 11.4. The van der Waals surface area contributed by atoms with Crippen molar-refractivity contribution in [2.45, 2.75) is 16.7 Å². The van der Waals surface area contributed by atoms with Crippen molar-refractivity contribution in [2.24, 2.45) is 0 Å². The zero-order valence-electron chi connectivity index (χ0n) is 20.5. The monoisotopic (exact) mass is 587 g/mol. The zero-order chi connectivity index (χ0) is 28.2. The first-order valence-electron chi connectivity index (χ1n) is 11.5. The molecule has 8 nitrogen and oxygen atoms in total. The highest BCUT2D eigenvalue weighted by molar-refractivity contribution is 7.93. The summed E-state index contributed by atoms with van der Waals surface area (Å²) in [6, 6.07) is 22.4. The van der Waals surface area contributed by atoms with Gasteiger partial charge in [-0.3, -0.25) is 13.8 Å². The molecule has 202 valence electrons. The van der Waals surface area contributed by atoms with Crippen LogP contribution in [0.3, 0.4) is 0 Å². The largest absolute Gasteiger partial charge is 0.325 e. The highest BCUT2D eigenvalue weighted by Crippen LogP contribution is 2.26. The van der Waals surface area contributed by atoms with Gasteiger partial charge in [-0.05, 0) is 91.9 Å². The summed E-state index contributed by atoms with van der Waals surface area (Å²) in [5.74, 6) is -1.15. The number of benzene rings is 4. The first-order valence-corrected chi connectivity index (χ1v) is 14.8. The van der Waals surface area contributed by atoms with Crippen LogP contribution in [0.4, 0.5) is 21.5 Å². The average molecular weight is 588 g/mol. The molecule has 0 aliphatic heterocycles. The van der Waals surface area contributed by atoms with E-state index in [4.69, 9.17) is 11.6 Å². The molecule has 2 N–H and O–H groups in total. The molecule has 39 heavy (non-hydrogen) atoms. The van der Waals surface area contributed by atoms with Gasteiger partial charge in [-0.15, -0.1) is 0 Å². The number of hydrogen-bond donors (Lipinski definition) is 2. The van der Waals surface area contributed by atoms with Crippen molar-refractivity contribution in [3.8, 4) is 0 Å². The van der Waals surface area contributed by atoms with Gasteiger partial charge >= 0.3 is 0 Å². The Labute approximate surface area is 231 Å². The number of aryl methyl sites for hydroxylation is 1. The number of hydrogen-bond acceptors (Lipinski definition) is 5. The van der Waals surface area contributed by atoms with Crippen LogP contribution in [0.2, 0.25) is 5.02 Å². The molecule has 0 aliphatic rings. The van der Waals surface area contributed by atoms with E-state index in [9.17, 15) is 26.0 Å². The third-order valence-corrected chi connectivity index (χ3v) is 8.99. The SMILES string of the molecule is Cc1ccc(S(=O)(=O)N(CC(=O)Nc2ccc(S(=O)(=O)Nc3ccc(F)cc3)cc2)c2ccc(Cl)cc2)cc1. The standard InChI is InChI=1S/C27H23ClFN3O5S2/c1-19-2-14-26(15-3-19)39(36,37)32(24-12-4-20(28)5-13-24)18-27(33)30-22-10-16-25(17-11-22)38(34,35)31-23-8-6-21(29)7-9-23/h2-17,31H,18H2,1H3,(H,30,33). The van der Waals surface area contributed by atoms with Crippen molar-refractivity contribution in [2.75, 3.05) is 20.9 Å². The van der Waals surface area contributed by atoms with Crippen LogP contribution in [0.25, 0.3) is 0 Å². The van der Waals surface area contributed by atoms with Crippen molar-refractivity contribution in [3.63, 3.8) is 0 Å². The third-order valence-electron chi connectivity index (χ3n) is 5.56. The number of rotatable bonds is 9. The number of carbonyl (C=O) groups excluding carboxylic acids is 1. The van der Waals surface area contributed by atoms with E-state index >= 15 is 0 Å². The van der Waals surface area contributed by atoms with Gasteiger partial charge in [0, 0.05) is 16.4 Å². The summed E-state index contributed by atoms with van der Waals surface area (Å²) in [5, 5.41) is 3.00. The summed E-state index contributed by atoms with van der Waals surface area (Å²) in [7, 11) is -8.08. The van der Waals surface area contributed by atoms with Crippen molar-refractivity contribution in [1.82, 2.24) is 0 Å². The van der Waals surface area contributed by atoms with Crippen molar-refractivity contribution < 1.29 is 26.0 Å². The molecule has 0 fully saturated rings. The predicted octanol–water partition coefficient (Wildman–Crippen LogP) is 5.42. The van der Waals surface area contributed by atoms with E-state index in [0.717, 1.165) is 22.0 Å². The zero-order valence-corrected chi connectivity index (χ0v) is 22.9. The predicted molar refractivity (Wildman–Crippen MR) is 149 cm³/mol. The summed E-state index contributed by atoms with van der Waals surface area (Å²) in [6.07, 6.45) is 0. The molecule has 4 aromatic carbocycles. The second-order valence-corrected chi connectivity index (χ2v) is 12.5. The van der Waals surface area contributed by atoms with E-state index in [1.54, 1.807) is 12.1 Å². The summed E-state index contributed by atoms with van der Waals surface area (Å²) in [5.41, 5.74) is 1.56. The van der Waals surface area contributed by atoms with Crippen LogP contribution in [0.15, 0.2) is 107 Å². The molecule has 0 heterocycles. The molecule has 0 radical (unpaired) electrons. The topological polar surface area (TPSA) is 113 Å². The first kappa shape index (κ1) is 28.1. The van der Waals surface area contributed by atoms with Crippen LogP contribution in [-0.2, 0) is 24.8 Å². The van der Waals surface area contributed by atoms with Gasteiger partial charge in [-0.1, -0.05) is 29.3 Å². The number of halogens is 2. The number of nitrogens with one attached hydrogen (secondary N) is 2. The Morgan fingerprint density at radius 1 is 0.769 bits per heavy atom. The molecule has 0 unspecified atom stereocenters. The summed E-state index contributed by atoms with van der Waals surface area (Å²) < 4.78 is 68.6.